The maximum absolute atomic E-state index is 12.7. The van der Waals surface area contributed by atoms with E-state index in [9.17, 15) is 14.4 Å². The molecule has 1 aliphatic heterocycles. The van der Waals surface area contributed by atoms with E-state index >= 15 is 0 Å². The normalized spacial score (nSPS) is 19.3. The van der Waals surface area contributed by atoms with Gasteiger partial charge in [-0.25, -0.2) is 9.59 Å². The molecule has 3 N–H and O–H groups in total. The van der Waals surface area contributed by atoms with Crippen molar-refractivity contribution in [3.63, 3.8) is 0 Å². The number of carbonyl (C=O) groups is 3. The number of alkyl carbamates (subject to hydrolysis) is 1. The highest BCUT2D eigenvalue weighted by Gasteiger charge is 2.33. The third-order valence-electron chi connectivity index (χ3n) is 6.02. The average Bonchev–Trinajstić information content (AvgIpc) is 3.47. The van der Waals surface area contributed by atoms with Gasteiger partial charge in [0, 0.05) is 12.3 Å². The summed E-state index contributed by atoms with van der Waals surface area (Å²) in [5.41, 5.74) is 9.64. The summed E-state index contributed by atoms with van der Waals surface area (Å²) in [5, 5.41) is 2.58. The Morgan fingerprint density at radius 1 is 1.09 bits per heavy atom. The summed E-state index contributed by atoms with van der Waals surface area (Å²) in [7, 11) is 0. The van der Waals surface area contributed by atoms with E-state index in [2.05, 4.69) is 24.0 Å². The molecule has 3 atom stereocenters. The minimum absolute atomic E-state index is 0.00187. The molecule has 2 aromatic carbocycles. The van der Waals surface area contributed by atoms with E-state index in [4.69, 9.17) is 24.7 Å². The number of rotatable bonds is 10. The molecule has 4 rings (SSSR count). The van der Waals surface area contributed by atoms with E-state index in [-0.39, 0.29) is 38.6 Å². The Morgan fingerprint density at radius 3 is 2.34 bits per heavy atom. The number of esters is 1. The number of amides is 2. The van der Waals surface area contributed by atoms with Crippen LogP contribution in [0.15, 0.2) is 61.2 Å². The first-order chi connectivity index (χ1) is 17.0. The number of carbonyl (C=O) groups excluding carboxylic acids is 3. The first kappa shape index (κ1) is 24.4. The zero-order chi connectivity index (χ0) is 24.8. The lowest BCUT2D eigenvalue weighted by Crippen LogP contribution is -2.43. The van der Waals surface area contributed by atoms with Crippen molar-refractivity contribution in [1.82, 2.24) is 5.32 Å². The predicted molar refractivity (Wildman–Crippen MR) is 126 cm³/mol. The van der Waals surface area contributed by atoms with Crippen LogP contribution in [0.2, 0.25) is 0 Å². The molecule has 1 fully saturated rings. The summed E-state index contributed by atoms with van der Waals surface area (Å²) in [6.07, 6.45) is -0.468. The second-order valence-corrected chi connectivity index (χ2v) is 8.31. The molecular formula is C26H28N2O7. The molecule has 0 saturated carbocycles. The van der Waals surface area contributed by atoms with Gasteiger partial charge in [-0.3, -0.25) is 4.79 Å². The number of nitrogens with one attached hydrogen (secondary N) is 1. The van der Waals surface area contributed by atoms with Crippen molar-refractivity contribution >= 4 is 18.0 Å². The topological polar surface area (TPSA) is 126 Å². The number of nitrogens with two attached hydrogens (primary N) is 1. The zero-order valence-electron chi connectivity index (χ0n) is 19.2. The summed E-state index contributed by atoms with van der Waals surface area (Å²) >= 11 is 0. The van der Waals surface area contributed by atoms with E-state index in [0.717, 1.165) is 22.3 Å². The van der Waals surface area contributed by atoms with Crippen LogP contribution >= 0.6 is 0 Å². The van der Waals surface area contributed by atoms with Gasteiger partial charge in [0.15, 0.2) is 12.4 Å². The first-order valence-corrected chi connectivity index (χ1v) is 11.4. The van der Waals surface area contributed by atoms with Gasteiger partial charge in [-0.2, -0.15) is 0 Å². The van der Waals surface area contributed by atoms with Gasteiger partial charge in [0.25, 0.3) is 0 Å². The molecule has 0 spiro atoms. The van der Waals surface area contributed by atoms with Gasteiger partial charge >= 0.3 is 12.1 Å². The van der Waals surface area contributed by atoms with Crippen LogP contribution in [0.3, 0.4) is 0 Å². The molecule has 0 aromatic heterocycles. The molecule has 0 bridgehead atoms. The number of hydrogen-bond acceptors (Lipinski definition) is 7. The number of primary amides is 1. The summed E-state index contributed by atoms with van der Waals surface area (Å²) in [5.74, 6) is -1.36. The molecule has 2 aliphatic rings. The van der Waals surface area contributed by atoms with Crippen LogP contribution in [0, 0.1) is 0 Å². The molecular weight excluding hydrogens is 452 g/mol. The summed E-state index contributed by atoms with van der Waals surface area (Å²) in [4.78, 5) is 36.4. The Kier molecular flexibility index (Phi) is 7.79. The van der Waals surface area contributed by atoms with Gasteiger partial charge in [-0.1, -0.05) is 61.2 Å². The maximum Gasteiger partial charge on any atom is 0.407 e. The summed E-state index contributed by atoms with van der Waals surface area (Å²) in [6.45, 7) is 3.69. The quantitative estimate of drug-likeness (QED) is 0.395. The number of hydrogen-bond donors (Lipinski definition) is 2. The number of ether oxygens (including phenoxy) is 4. The molecule has 35 heavy (non-hydrogen) atoms. The third-order valence-corrected chi connectivity index (χ3v) is 6.02. The van der Waals surface area contributed by atoms with Crippen LogP contribution in [0.4, 0.5) is 4.79 Å². The fourth-order valence-electron chi connectivity index (χ4n) is 4.33. The van der Waals surface area contributed by atoms with Crippen molar-refractivity contribution in [3.8, 4) is 11.1 Å². The second-order valence-electron chi connectivity index (χ2n) is 8.31. The molecule has 9 heteroatoms. The highest BCUT2D eigenvalue weighted by Crippen LogP contribution is 2.44. The van der Waals surface area contributed by atoms with Crippen molar-refractivity contribution in [3.05, 3.63) is 72.3 Å². The van der Waals surface area contributed by atoms with Crippen LogP contribution in [-0.4, -0.2) is 56.2 Å². The largest absolute Gasteiger partial charge is 0.460 e. The van der Waals surface area contributed by atoms with Crippen molar-refractivity contribution in [1.29, 1.82) is 0 Å². The number of fused-ring (bicyclic) bond motifs is 3. The third kappa shape index (κ3) is 5.70. The predicted octanol–water partition coefficient (Wildman–Crippen LogP) is 2.63. The first-order valence-electron chi connectivity index (χ1n) is 11.4. The van der Waals surface area contributed by atoms with Crippen LogP contribution in [-0.2, 0) is 28.5 Å². The maximum atomic E-state index is 12.7. The molecule has 1 saturated heterocycles. The molecule has 2 aromatic rings. The summed E-state index contributed by atoms with van der Waals surface area (Å²) < 4.78 is 21.5. The molecule has 184 valence electrons. The SMILES string of the molecule is C=CCOC(=O)[C@H](CCC1OC[C@@H](C(N)=O)O1)NC(=O)OCC1c2ccccc2-c2ccccc21. The van der Waals surface area contributed by atoms with Crippen LogP contribution in [0.1, 0.15) is 29.9 Å². The monoisotopic (exact) mass is 480 g/mol. The molecule has 9 nitrogen and oxygen atoms in total. The lowest BCUT2D eigenvalue weighted by Gasteiger charge is -2.20. The average molecular weight is 481 g/mol. The van der Waals surface area contributed by atoms with Crippen molar-refractivity contribution < 1.29 is 33.3 Å². The summed E-state index contributed by atoms with van der Waals surface area (Å²) in [6, 6.07) is 15.0. The van der Waals surface area contributed by atoms with Crippen molar-refractivity contribution in [2.75, 3.05) is 19.8 Å². The fraction of sp³-hybridized carbons (Fsp3) is 0.346. The van der Waals surface area contributed by atoms with Crippen molar-refractivity contribution in [2.24, 2.45) is 5.73 Å². The van der Waals surface area contributed by atoms with Crippen LogP contribution in [0.5, 0.6) is 0 Å². The Hall–Kier alpha value is -3.69. The molecule has 1 unspecified atom stereocenters. The molecule has 2 amide bonds. The van der Waals surface area contributed by atoms with Crippen molar-refractivity contribution in [2.45, 2.75) is 37.2 Å². The highest BCUT2D eigenvalue weighted by atomic mass is 16.7. The van der Waals surface area contributed by atoms with Gasteiger partial charge in [0.2, 0.25) is 5.91 Å². The molecule has 1 heterocycles. The van der Waals surface area contributed by atoms with E-state index in [1.165, 1.54) is 6.08 Å². The van der Waals surface area contributed by atoms with Gasteiger partial charge in [-0.15, -0.1) is 0 Å². The van der Waals surface area contributed by atoms with Crippen LogP contribution in [0.25, 0.3) is 11.1 Å². The highest BCUT2D eigenvalue weighted by molar-refractivity contribution is 5.82. The zero-order valence-corrected chi connectivity index (χ0v) is 19.2. The minimum atomic E-state index is -0.995. The molecule has 0 radical (unpaired) electrons. The Balaban J connectivity index is 1.36. The Morgan fingerprint density at radius 2 is 1.74 bits per heavy atom. The Labute approximate surface area is 203 Å². The minimum Gasteiger partial charge on any atom is -0.460 e. The standard InChI is InChI=1S/C26H28N2O7/c1-2-13-32-25(30)21(11-12-23-33-15-22(35-23)24(27)29)28-26(31)34-14-20-18-9-5-3-7-16(18)17-8-4-6-10-19(17)20/h2-10,20-23H,1,11-15H2,(H2,27,29)(H,28,31)/t21-,22-,23?/m0/s1. The fourth-order valence-corrected chi connectivity index (χ4v) is 4.33. The number of benzene rings is 2. The molecule has 1 aliphatic carbocycles. The van der Waals surface area contributed by atoms with Gasteiger partial charge in [0.1, 0.15) is 19.3 Å². The van der Waals surface area contributed by atoms with Gasteiger partial charge in [-0.05, 0) is 28.7 Å². The lowest BCUT2D eigenvalue weighted by molar-refractivity contribution is -0.146. The lowest BCUT2D eigenvalue weighted by atomic mass is 9.98. The van der Waals surface area contributed by atoms with E-state index in [0.29, 0.717) is 0 Å². The van der Waals surface area contributed by atoms with Crippen LogP contribution < -0.4 is 11.1 Å². The smallest absolute Gasteiger partial charge is 0.407 e. The van der Waals surface area contributed by atoms with E-state index in [1.807, 2.05) is 36.4 Å². The van der Waals surface area contributed by atoms with Gasteiger partial charge in [0.05, 0.1) is 6.61 Å². The van der Waals surface area contributed by atoms with E-state index in [1.54, 1.807) is 0 Å². The Bertz CT molecular complexity index is 1060. The van der Waals surface area contributed by atoms with E-state index < -0.39 is 36.4 Å². The second kappa shape index (κ2) is 11.2. The van der Waals surface area contributed by atoms with Gasteiger partial charge < -0.3 is 30.0 Å².